The molecule has 2 saturated heterocycles. The Morgan fingerprint density at radius 1 is 0.552 bits per heavy atom. The first kappa shape index (κ1) is 24.8. The Balaban J connectivity index is 1.85. The number of hydrogen-bond acceptors (Lipinski definition) is 12. The molecule has 0 aromatic carbocycles. The van der Waals surface area contributed by atoms with E-state index in [0.29, 0.717) is 6.42 Å². The lowest BCUT2D eigenvalue weighted by molar-refractivity contribution is -0.353. The van der Waals surface area contributed by atoms with Gasteiger partial charge in [-0.05, 0) is 12.8 Å². The molecule has 0 aromatic rings. The molecule has 0 aliphatic carbocycles. The molecule has 2 rings (SSSR count). The molecule has 172 valence electrons. The SMILES string of the molecule is OCC1OC(O)(CCCCCC2(O)OC(CO)C(O)C(O)C2O)C(O)C(O)C1O. The molecule has 10 N–H and O–H groups in total. The smallest absolute Gasteiger partial charge is 0.195 e. The molecule has 12 heteroatoms. The fraction of sp³-hybridized carbons (Fsp3) is 1.00. The Kier molecular flexibility index (Phi) is 8.35. The molecule has 2 aliphatic heterocycles. The first-order valence-corrected chi connectivity index (χ1v) is 9.61. The van der Waals surface area contributed by atoms with Crippen molar-refractivity contribution in [1.82, 2.24) is 0 Å². The molecular formula is C17H32O12. The third-order valence-corrected chi connectivity index (χ3v) is 5.67. The minimum Gasteiger partial charge on any atom is -0.394 e. The van der Waals surface area contributed by atoms with E-state index in [2.05, 4.69) is 0 Å². The number of aliphatic hydroxyl groups is 10. The lowest BCUT2D eigenvalue weighted by Gasteiger charge is -2.46. The second-order valence-corrected chi connectivity index (χ2v) is 7.78. The maximum atomic E-state index is 10.4. The Hall–Kier alpha value is -0.480. The molecule has 0 radical (unpaired) electrons. The summed E-state index contributed by atoms with van der Waals surface area (Å²) in [5, 5.41) is 98.3. The van der Waals surface area contributed by atoms with E-state index in [1.54, 1.807) is 0 Å². The topological polar surface area (TPSA) is 221 Å². The first-order chi connectivity index (χ1) is 13.5. The largest absolute Gasteiger partial charge is 0.394 e. The van der Waals surface area contributed by atoms with E-state index in [4.69, 9.17) is 9.47 Å². The molecule has 0 amide bonds. The van der Waals surface area contributed by atoms with Gasteiger partial charge in [0.15, 0.2) is 11.6 Å². The van der Waals surface area contributed by atoms with Gasteiger partial charge in [-0.2, -0.15) is 0 Å². The van der Waals surface area contributed by atoms with Crippen LogP contribution in [0.5, 0.6) is 0 Å². The van der Waals surface area contributed by atoms with Crippen molar-refractivity contribution >= 4 is 0 Å². The van der Waals surface area contributed by atoms with Crippen LogP contribution in [0, 0.1) is 0 Å². The Morgan fingerprint density at radius 2 is 0.897 bits per heavy atom. The van der Waals surface area contributed by atoms with E-state index < -0.39 is 73.6 Å². The van der Waals surface area contributed by atoms with Gasteiger partial charge in [0, 0.05) is 12.8 Å². The zero-order valence-corrected chi connectivity index (χ0v) is 15.9. The molecule has 0 bridgehead atoms. The van der Waals surface area contributed by atoms with Crippen LogP contribution >= 0.6 is 0 Å². The highest BCUT2D eigenvalue weighted by atomic mass is 16.7. The standard InChI is InChI=1S/C17H32O12/c18-6-8-10(20)12(22)14(24)16(26,28-8)4-2-1-3-5-17(27)15(25)13(23)11(21)9(7-19)29-17/h8-15,18-27H,1-7H2. The predicted molar refractivity (Wildman–Crippen MR) is 92.9 cm³/mol. The second kappa shape index (κ2) is 9.77. The summed E-state index contributed by atoms with van der Waals surface area (Å²) in [6.07, 6.45) is -12.2. The van der Waals surface area contributed by atoms with Gasteiger partial charge in [-0.1, -0.05) is 6.42 Å². The van der Waals surface area contributed by atoms with Crippen molar-refractivity contribution in [3.63, 3.8) is 0 Å². The summed E-state index contributed by atoms with van der Waals surface area (Å²) < 4.78 is 10.3. The van der Waals surface area contributed by atoms with Crippen molar-refractivity contribution in [3.05, 3.63) is 0 Å². The molecule has 12 nitrogen and oxygen atoms in total. The molecule has 10 unspecified atom stereocenters. The molecular weight excluding hydrogens is 396 g/mol. The normalized spacial score (nSPS) is 48.6. The van der Waals surface area contributed by atoms with Crippen LogP contribution < -0.4 is 0 Å². The molecule has 2 fully saturated rings. The van der Waals surface area contributed by atoms with Gasteiger partial charge in [0.1, 0.15) is 48.8 Å². The van der Waals surface area contributed by atoms with Gasteiger partial charge in [0.25, 0.3) is 0 Å². The Labute approximate surface area is 167 Å². The minimum atomic E-state index is -2.19. The zero-order valence-electron chi connectivity index (χ0n) is 15.9. The molecule has 0 aromatic heterocycles. The Bertz CT molecular complexity index is 475. The minimum absolute atomic E-state index is 0.156. The van der Waals surface area contributed by atoms with Gasteiger partial charge >= 0.3 is 0 Å². The summed E-state index contributed by atoms with van der Waals surface area (Å²) >= 11 is 0. The van der Waals surface area contributed by atoms with Crippen LogP contribution in [0.1, 0.15) is 32.1 Å². The van der Waals surface area contributed by atoms with Gasteiger partial charge < -0.3 is 60.5 Å². The third kappa shape index (κ3) is 5.06. The monoisotopic (exact) mass is 428 g/mol. The van der Waals surface area contributed by atoms with Crippen LogP contribution in [0.4, 0.5) is 0 Å². The number of unbranched alkanes of at least 4 members (excludes halogenated alkanes) is 2. The summed E-state index contributed by atoms with van der Waals surface area (Å²) in [4.78, 5) is 0. The zero-order chi connectivity index (χ0) is 22.0. The van der Waals surface area contributed by atoms with Crippen molar-refractivity contribution in [1.29, 1.82) is 0 Å². The fourth-order valence-corrected chi connectivity index (χ4v) is 3.79. The summed E-state index contributed by atoms with van der Waals surface area (Å²) in [5.74, 6) is -4.38. The average molecular weight is 428 g/mol. The highest BCUT2D eigenvalue weighted by Crippen LogP contribution is 2.34. The van der Waals surface area contributed by atoms with Crippen molar-refractivity contribution < 1.29 is 60.5 Å². The van der Waals surface area contributed by atoms with Gasteiger partial charge in [-0.15, -0.1) is 0 Å². The molecule has 29 heavy (non-hydrogen) atoms. The van der Waals surface area contributed by atoms with Crippen LogP contribution in [0.3, 0.4) is 0 Å². The summed E-state index contributed by atoms with van der Waals surface area (Å²) in [6, 6.07) is 0. The van der Waals surface area contributed by atoms with Gasteiger partial charge in [0.2, 0.25) is 0 Å². The number of aliphatic hydroxyl groups excluding tert-OH is 8. The molecule has 0 saturated carbocycles. The molecule has 2 aliphatic rings. The third-order valence-electron chi connectivity index (χ3n) is 5.67. The van der Waals surface area contributed by atoms with Crippen molar-refractivity contribution in [2.24, 2.45) is 0 Å². The Morgan fingerprint density at radius 3 is 1.21 bits per heavy atom. The quantitative estimate of drug-likeness (QED) is 0.165. The molecule has 10 atom stereocenters. The number of ether oxygens (including phenoxy) is 2. The summed E-state index contributed by atoms with van der Waals surface area (Å²) in [5.41, 5.74) is 0. The fourth-order valence-electron chi connectivity index (χ4n) is 3.79. The predicted octanol–water partition coefficient (Wildman–Crippen LogP) is -4.74. The second-order valence-electron chi connectivity index (χ2n) is 7.78. The van der Waals surface area contributed by atoms with E-state index >= 15 is 0 Å². The molecule has 0 spiro atoms. The van der Waals surface area contributed by atoms with Crippen molar-refractivity contribution in [3.8, 4) is 0 Å². The lowest BCUT2D eigenvalue weighted by atomic mass is 9.88. The van der Waals surface area contributed by atoms with E-state index in [0.717, 1.165) is 0 Å². The van der Waals surface area contributed by atoms with E-state index in [1.807, 2.05) is 0 Å². The number of rotatable bonds is 8. The van der Waals surface area contributed by atoms with Gasteiger partial charge in [0.05, 0.1) is 13.2 Å². The van der Waals surface area contributed by atoms with E-state index in [1.165, 1.54) is 0 Å². The molecule has 2 heterocycles. The van der Waals surface area contributed by atoms with Gasteiger partial charge in [-0.3, -0.25) is 0 Å². The lowest BCUT2D eigenvalue weighted by Crippen LogP contribution is -2.65. The van der Waals surface area contributed by atoms with E-state index in [-0.39, 0.29) is 25.7 Å². The number of hydrogen-bond donors (Lipinski definition) is 10. The summed E-state index contributed by atoms with van der Waals surface area (Å²) in [7, 11) is 0. The van der Waals surface area contributed by atoms with Crippen molar-refractivity contribution in [2.75, 3.05) is 13.2 Å². The highest BCUT2D eigenvalue weighted by molar-refractivity contribution is 4.97. The van der Waals surface area contributed by atoms with Gasteiger partial charge in [-0.25, -0.2) is 0 Å². The van der Waals surface area contributed by atoms with Crippen molar-refractivity contribution in [2.45, 2.75) is 92.5 Å². The average Bonchev–Trinajstić information content (AvgIpc) is 2.70. The van der Waals surface area contributed by atoms with Crippen LogP contribution in [-0.4, -0.2) is 125 Å². The highest BCUT2D eigenvalue weighted by Gasteiger charge is 2.53. The maximum absolute atomic E-state index is 10.4. The maximum Gasteiger partial charge on any atom is 0.195 e. The van der Waals surface area contributed by atoms with Crippen LogP contribution in [0.15, 0.2) is 0 Å². The summed E-state index contributed by atoms with van der Waals surface area (Å²) in [6.45, 7) is -1.34. The van der Waals surface area contributed by atoms with Crippen LogP contribution in [0.2, 0.25) is 0 Å². The van der Waals surface area contributed by atoms with E-state index in [9.17, 15) is 51.1 Å². The van der Waals surface area contributed by atoms with Crippen LogP contribution in [-0.2, 0) is 9.47 Å². The van der Waals surface area contributed by atoms with Crippen LogP contribution in [0.25, 0.3) is 0 Å². The first-order valence-electron chi connectivity index (χ1n) is 9.61.